The highest BCUT2D eigenvalue weighted by Crippen LogP contribution is 2.16. The van der Waals surface area contributed by atoms with Crippen molar-refractivity contribution in [2.75, 3.05) is 5.73 Å². The van der Waals surface area contributed by atoms with Crippen LogP contribution in [0.15, 0.2) is 51.7 Å². The van der Waals surface area contributed by atoms with Gasteiger partial charge in [0.25, 0.3) is 11.6 Å². The van der Waals surface area contributed by atoms with Crippen molar-refractivity contribution in [3.63, 3.8) is 0 Å². The summed E-state index contributed by atoms with van der Waals surface area (Å²) >= 11 is 3.40. The number of aromatic amines is 1. The number of hydrogen-bond donors (Lipinski definition) is 2. The maximum absolute atomic E-state index is 12.0. The first kappa shape index (κ1) is 13.6. The number of hydrogen-bond acceptors (Lipinski definition) is 4. The normalized spacial score (nSPS) is 10.7. The fourth-order valence-electron chi connectivity index (χ4n) is 1.98. The number of fused-ring (bicyclic) bond motifs is 1. The van der Waals surface area contributed by atoms with Gasteiger partial charge in [0.2, 0.25) is 0 Å². The molecule has 3 aromatic rings. The smallest absolute Gasteiger partial charge is 0.297 e. The second-order valence-electron chi connectivity index (χ2n) is 4.57. The molecule has 0 aliphatic heterocycles. The highest BCUT2D eigenvalue weighted by atomic mass is 79.9. The molecule has 1 heterocycles. The van der Waals surface area contributed by atoms with Gasteiger partial charge in [-0.3, -0.25) is 9.78 Å². The van der Waals surface area contributed by atoms with Crippen LogP contribution < -0.4 is 16.0 Å². The number of anilines is 1. The zero-order valence-corrected chi connectivity index (χ0v) is 12.6. The van der Waals surface area contributed by atoms with Crippen molar-refractivity contribution in [1.82, 2.24) is 9.97 Å². The molecule has 0 saturated carbocycles. The first-order chi connectivity index (χ1) is 10.1. The largest absolute Gasteiger partial charge is 0.460 e. The average Bonchev–Trinajstić information content (AvgIpc) is 2.46. The van der Waals surface area contributed by atoms with Crippen LogP contribution in [0, 0.1) is 0 Å². The SMILES string of the molecule is Nc1ccc2nc(OCc3cccc(Br)c3)[nH]c(=O)c2c1. The van der Waals surface area contributed by atoms with E-state index < -0.39 is 0 Å². The van der Waals surface area contributed by atoms with E-state index in [1.807, 2.05) is 24.3 Å². The van der Waals surface area contributed by atoms with Gasteiger partial charge in [-0.1, -0.05) is 28.1 Å². The molecule has 0 atom stereocenters. The number of halogens is 1. The third kappa shape index (κ3) is 3.05. The molecule has 0 radical (unpaired) electrons. The zero-order chi connectivity index (χ0) is 14.8. The minimum Gasteiger partial charge on any atom is -0.460 e. The first-order valence-corrected chi connectivity index (χ1v) is 7.08. The van der Waals surface area contributed by atoms with Crippen LogP contribution in [-0.2, 0) is 6.61 Å². The molecule has 0 unspecified atom stereocenters. The molecule has 0 aliphatic rings. The van der Waals surface area contributed by atoms with Gasteiger partial charge >= 0.3 is 0 Å². The second-order valence-corrected chi connectivity index (χ2v) is 5.48. The lowest BCUT2D eigenvalue weighted by atomic mass is 10.2. The molecule has 1 aromatic heterocycles. The molecule has 0 aliphatic carbocycles. The van der Waals surface area contributed by atoms with Crippen molar-refractivity contribution in [3.05, 3.63) is 62.9 Å². The molecule has 2 aromatic carbocycles. The van der Waals surface area contributed by atoms with E-state index in [4.69, 9.17) is 10.5 Å². The van der Waals surface area contributed by atoms with Crippen molar-refractivity contribution in [2.45, 2.75) is 6.61 Å². The van der Waals surface area contributed by atoms with E-state index in [2.05, 4.69) is 25.9 Å². The summed E-state index contributed by atoms with van der Waals surface area (Å²) in [5.74, 6) is 0. The molecule has 5 nitrogen and oxygen atoms in total. The summed E-state index contributed by atoms with van der Waals surface area (Å²) in [6.07, 6.45) is 0. The average molecular weight is 346 g/mol. The van der Waals surface area contributed by atoms with E-state index in [1.54, 1.807) is 18.2 Å². The number of aromatic nitrogens is 2. The molecule has 0 amide bonds. The molecule has 0 bridgehead atoms. The Labute approximate surface area is 128 Å². The Balaban J connectivity index is 1.88. The number of benzene rings is 2. The van der Waals surface area contributed by atoms with Gasteiger partial charge in [0, 0.05) is 10.2 Å². The highest BCUT2D eigenvalue weighted by molar-refractivity contribution is 9.10. The van der Waals surface area contributed by atoms with E-state index in [9.17, 15) is 4.79 Å². The van der Waals surface area contributed by atoms with Crippen LogP contribution >= 0.6 is 15.9 Å². The molecule has 106 valence electrons. The molecule has 3 rings (SSSR count). The van der Waals surface area contributed by atoms with Crippen molar-refractivity contribution in [3.8, 4) is 6.01 Å². The van der Waals surface area contributed by atoms with E-state index in [-0.39, 0.29) is 11.6 Å². The van der Waals surface area contributed by atoms with Gasteiger partial charge in [-0.15, -0.1) is 0 Å². The van der Waals surface area contributed by atoms with E-state index in [0.717, 1.165) is 10.0 Å². The molecule has 0 saturated heterocycles. The van der Waals surface area contributed by atoms with Crippen LogP contribution in [-0.4, -0.2) is 9.97 Å². The maximum Gasteiger partial charge on any atom is 0.297 e. The lowest BCUT2D eigenvalue weighted by molar-refractivity contribution is 0.281. The minimum absolute atomic E-state index is 0.192. The molecule has 3 N–H and O–H groups in total. The van der Waals surface area contributed by atoms with Gasteiger partial charge in [0.05, 0.1) is 10.9 Å². The van der Waals surface area contributed by atoms with Crippen LogP contribution in [0.1, 0.15) is 5.56 Å². The van der Waals surface area contributed by atoms with E-state index in [1.165, 1.54) is 0 Å². The third-order valence-corrected chi connectivity index (χ3v) is 3.47. The van der Waals surface area contributed by atoms with Gasteiger partial charge < -0.3 is 10.5 Å². The summed E-state index contributed by atoms with van der Waals surface area (Å²) in [4.78, 5) is 18.9. The molecular formula is C15H12BrN3O2. The summed E-state index contributed by atoms with van der Waals surface area (Å²) in [5.41, 5.74) is 7.45. The fraction of sp³-hybridized carbons (Fsp3) is 0.0667. The van der Waals surface area contributed by atoms with E-state index >= 15 is 0 Å². The summed E-state index contributed by atoms with van der Waals surface area (Å²) in [6.45, 7) is 0.322. The molecule has 6 heteroatoms. The quantitative estimate of drug-likeness (QED) is 0.715. The van der Waals surface area contributed by atoms with Crippen molar-refractivity contribution in [1.29, 1.82) is 0 Å². The lowest BCUT2D eigenvalue weighted by Crippen LogP contribution is -2.11. The number of H-pyrrole nitrogens is 1. The van der Waals surface area contributed by atoms with Crippen LogP contribution in [0.5, 0.6) is 6.01 Å². The Morgan fingerprint density at radius 2 is 2.10 bits per heavy atom. The van der Waals surface area contributed by atoms with Gasteiger partial charge in [0.15, 0.2) is 0 Å². The van der Waals surface area contributed by atoms with Crippen molar-refractivity contribution in [2.24, 2.45) is 0 Å². The van der Waals surface area contributed by atoms with Gasteiger partial charge in [-0.2, -0.15) is 4.98 Å². The molecule has 0 spiro atoms. The molecular weight excluding hydrogens is 334 g/mol. The summed E-state index contributed by atoms with van der Waals surface area (Å²) in [7, 11) is 0. The molecule has 0 fully saturated rings. The monoisotopic (exact) mass is 345 g/mol. The Morgan fingerprint density at radius 1 is 1.24 bits per heavy atom. The fourth-order valence-corrected chi connectivity index (χ4v) is 2.43. The van der Waals surface area contributed by atoms with Crippen LogP contribution in [0.3, 0.4) is 0 Å². The highest BCUT2D eigenvalue weighted by Gasteiger charge is 2.05. The number of nitrogens with two attached hydrogens (primary N) is 1. The Morgan fingerprint density at radius 3 is 2.90 bits per heavy atom. The Kier molecular flexibility index (Phi) is 3.62. The minimum atomic E-state index is -0.267. The summed E-state index contributed by atoms with van der Waals surface area (Å²) in [5, 5.41) is 0.449. The maximum atomic E-state index is 12.0. The Hall–Kier alpha value is -2.34. The van der Waals surface area contributed by atoms with Gasteiger partial charge in [0.1, 0.15) is 6.61 Å². The molecule has 21 heavy (non-hydrogen) atoms. The topological polar surface area (TPSA) is 81.0 Å². The van der Waals surface area contributed by atoms with Gasteiger partial charge in [-0.05, 0) is 35.9 Å². The number of nitrogen functional groups attached to an aromatic ring is 1. The van der Waals surface area contributed by atoms with Crippen LogP contribution in [0.25, 0.3) is 10.9 Å². The predicted molar refractivity (Wildman–Crippen MR) is 85.3 cm³/mol. The van der Waals surface area contributed by atoms with Crippen molar-refractivity contribution < 1.29 is 4.74 Å². The van der Waals surface area contributed by atoms with Gasteiger partial charge in [-0.25, -0.2) is 0 Å². The summed E-state index contributed by atoms with van der Waals surface area (Å²) in [6, 6.07) is 12.9. The number of ether oxygens (including phenoxy) is 1. The predicted octanol–water partition coefficient (Wildman–Crippen LogP) is 2.85. The standard InChI is InChI=1S/C15H12BrN3O2/c16-10-3-1-2-9(6-10)8-21-15-18-13-5-4-11(17)7-12(13)14(20)19-15/h1-7H,8,17H2,(H,18,19,20). The van der Waals surface area contributed by atoms with Crippen molar-refractivity contribution >= 4 is 32.5 Å². The Bertz CT molecular complexity index is 861. The zero-order valence-electron chi connectivity index (χ0n) is 11.0. The first-order valence-electron chi connectivity index (χ1n) is 6.28. The summed E-state index contributed by atoms with van der Waals surface area (Å²) < 4.78 is 6.52. The van der Waals surface area contributed by atoms with E-state index in [0.29, 0.717) is 23.2 Å². The van der Waals surface area contributed by atoms with Crippen LogP contribution in [0.2, 0.25) is 0 Å². The second kappa shape index (κ2) is 5.57. The number of rotatable bonds is 3. The lowest BCUT2D eigenvalue weighted by Gasteiger charge is -2.06. The number of nitrogens with one attached hydrogen (secondary N) is 1. The third-order valence-electron chi connectivity index (χ3n) is 2.97. The number of nitrogens with zero attached hydrogens (tertiary/aromatic N) is 1. The van der Waals surface area contributed by atoms with Crippen LogP contribution in [0.4, 0.5) is 5.69 Å².